The SMILES string of the molecule is Cc1cc(C(=O)N(CCn2cccn2)c2nc3c(Cl)cccc3s2)n(C)n1. The van der Waals surface area contributed by atoms with Gasteiger partial charge in [-0.3, -0.25) is 19.1 Å². The molecule has 0 unspecified atom stereocenters. The largest absolute Gasteiger partial charge is 0.281 e. The molecule has 0 aliphatic heterocycles. The molecule has 9 heteroatoms. The van der Waals surface area contributed by atoms with Crippen molar-refractivity contribution in [3.05, 3.63) is 59.1 Å². The first-order valence-corrected chi connectivity index (χ1v) is 9.57. The molecule has 0 spiro atoms. The summed E-state index contributed by atoms with van der Waals surface area (Å²) in [6, 6.07) is 9.27. The van der Waals surface area contributed by atoms with Crippen molar-refractivity contribution in [2.45, 2.75) is 13.5 Å². The van der Waals surface area contributed by atoms with Crippen molar-refractivity contribution < 1.29 is 4.79 Å². The van der Waals surface area contributed by atoms with Crippen LogP contribution in [-0.4, -0.2) is 37.0 Å². The van der Waals surface area contributed by atoms with E-state index in [2.05, 4.69) is 15.2 Å². The third kappa shape index (κ3) is 3.45. The van der Waals surface area contributed by atoms with Crippen molar-refractivity contribution in [3.8, 4) is 0 Å². The third-order valence-electron chi connectivity index (χ3n) is 4.17. The van der Waals surface area contributed by atoms with Gasteiger partial charge in [0.2, 0.25) is 0 Å². The Balaban J connectivity index is 1.73. The number of carbonyl (C=O) groups is 1. The topological polar surface area (TPSA) is 68.8 Å². The Morgan fingerprint density at radius 1 is 1.33 bits per heavy atom. The highest BCUT2D eigenvalue weighted by atomic mass is 35.5. The van der Waals surface area contributed by atoms with Gasteiger partial charge in [0.05, 0.1) is 22.0 Å². The van der Waals surface area contributed by atoms with E-state index >= 15 is 0 Å². The van der Waals surface area contributed by atoms with Gasteiger partial charge < -0.3 is 0 Å². The van der Waals surface area contributed by atoms with Gasteiger partial charge >= 0.3 is 0 Å². The summed E-state index contributed by atoms with van der Waals surface area (Å²) >= 11 is 7.71. The first-order valence-electron chi connectivity index (χ1n) is 8.38. The fourth-order valence-corrected chi connectivity index (χ4v) is 4.18. The normalized spacial score (nSPS) is 11.2. The molecule has 1 amide bonds. The number of fused-ring (bicyclic) bond motifs is 1. The highest BCUT2D eigenvalue weighted by molar-refractivity contribution is 7.22. The highest BCUT2D eigenvalue weighted by Crippen LogP contribution is 2.33. The number of rotatable bonds is 5. The molecule has 4 rings (SSSR count). The summed E-state index contributed by atoms with van der Waals surface area (Å²) in [6.07, 6.45) is 3.58. The van der Waals surface area contributed by atoms with Crippen LogP contribution in [0.25, 0.3) is 10.2 Å². The van der Waals surface area contributed by atoms with E-state index in [1.807, 2.05) is 31.3 Å². The van der Waals surface area contributed by atoms with Crippen molar-refractivity contribution in [1.29, 1.82) is 0 Å². The summed E-state index contributed by atoms with van der Waals surface area (Å²) in [7, 11) is 1.77. The molecule has 27 heavy (non-hydrogen) atoms. The Bertz CT molecular complexity index is 1100. The molecule has 3 aromatic heterocycles. The van der Waals surface area contributed by atoms with Crippen LogP contribution in [0.1, 0.15) is 16.2 Å². The zero-order chi connectivity index (χ0) is 19.0. The van der Waals surface area contributed by atoms with Gasteiger partial charge in [0.15, 0.2) is 5.13 Å². The smallest absolute Gasteiger partial charge is 0.278 e. The molecule has 138 valence electrons. The van der Waals surface area contributed by atoms with E-state index in [0.29, 0.717) is 34.5 Å². The lowest BCUT2D eigenvalue weighted by Crippen LogP contribution is -2.35. The molecule has 0 bridgehead atoms. The summed E-state index contributed by atoms with van der Waals surface area (Å²) in [5.74, 6) is -0.152. The molecule has 0 N–H and O–H groups in total. The van der Waals surface area contributed by atoms with Crippen molar-refractivity contribution in [3.63, 3.8) is 0 Å². The molecule has 1 aromatic carbocycles. The number of hydrogen-bond acceptors (Lipinski definition) is 5. The van der Waals surface area contributed by atoms with Gasteiger partial charge in [-0.2, -0.15) is 10.2 Å². The van der Waals surface area contributed by atoms with Gasteiger partial charge in [0.1, 0.15) is 11.2 Å². The fraction of sp³-hybridized carbons (Fsp3) is 0.222. The minimum Gasteiger partial charge on any atom is -0.281 e. The van der Waals surface area contributed by atoms with Gasteiger partial charge in [0.25, 0.3) is 5.91 Å². The molecule has 0 radical (unpaired) electrons. The van der Waals surface area contributed by atoms with E-state index in [-0.39, 0.29) is 5.91 Å². The zero-order valence-electron chi connectivity index (χ0n) is 14.8. The van der Waals surface area contributed by atoms with Crippen LogP contribution in [0.4, 0.5) is 5.13 Å². The average Bonchev–Trinajstić information content (AvgIpc) is 3.35. The van der Waals surface area contributed by atoms with Gasteiger partial charge in [-0.1, -0.05) is 29.0 Å². The maximum Gasteiger partial charge on any atom is 0.278 e. The van der Waals surface area contributed by atoms with Gasteiger partial charge in [-0.15, -0.1) is 0 Å². The Labute approximate surface area is 164 Å². The Morgan fingerprint density at radius 2 is 2.19 bits per heavy atom. The van der Waals surface area contributed by atoms with Gasteiger partial charge in [-0.05, 0) is 31.2 Å². The Morgan fingerprint density at radius 3 is 2.85 bits per heavy atom. The minimum absolute atomic E-state index is 0.152. The molecule has 3 heterocycles. The number of para-hydroxylation sites is 1. The third-order valence-corrected chi connectivity index (χ3v) is 5.52. The van der Waals surface area contributed by atoms with Gasteiger partial charge in [0, 0.05) is 26.0 Å². The molecule has 0 fully saturated rings. The molecule has 4 aromatic rings. The maximum absolute atomic E-state index is 13.3. The van der Waals surface area contributed by atoms with Crippen molar-refractivity contribution in [2.24, 2.45) is 7.05 Å². The lowest BCUT2D eigenvalue weighted by molar-refractivity contribution is 0.0976. The van der Waals surface area contributed by atoms with E-state index in [0.717, 1.165) is 10.4 Å². The summed E-state index contributed by atoms with van der Waals surface area (Å²) in [5, 5.41) is 9.68. The average molecular weight is 401 g/mol. The lowest BCUT2D eigenvalue weighted by atomic mass is 10.3. The van der Waals surface area contributed by atoms with E-state index < -0.39 is 0 Å². The monoisotopic (exact) mass is 400 g/mol. The second-order valence-corrected chi connectivity index (χ2v) is 7.52. The molecular formula is C18H17ClN6OS. The molecule has 0 atom stereocenters. The number of halogens is 1. The number of anilines is 1. The maximum atomic E-state index is 13.3. The Kier molecular flexibility index (Phi) is 4.67. The lowest BCUT2D eigenvalue weighted by Gasteiger charge is -2.19. The number of benzene rings is 1. The zero-order valence-corrected chi connectivity index (χ0v) is 16.4. The molecule has 0 aliphatic carbocycles. The van der Waals surface area contributed by atoms with Crippen LogP contribution in [0.2, 0.25) is 5.02 Å². The fourth-order valence-electron chi connectivity index (χ4n) is 2.89. The summed E-state index contributed by atoms with van der Waals surface area (Å²) in [6.45, 7) is 2.85. The van der Waals surface area contributed by atoms with Crippen LogP contribution in [0, 0.1) is 6.92 Å². The quantitative estimate of drug-likeness (QED) is 0.514. The van der Waals surface area contributed by atoms with E-state index in [4.69, 9.17) is 11.6 Å². The summed E-state index contributed by atoms with van der Waals surface area (Å²) in [4.78, 5) is 19.6. The van der Waals surface area contributed by atoms with Crippen molar-refractivity contribution in [1.82, 2.24) is 24.5 Å². The highest BCUT2D eigenvalue weighted by Gasteiger charge is 2.24. The molecule has 0 saturated carbocycles. The standard InChI is InChI=1S/C18H17ClN6OS/c1-12-11-14(23(2)22-12)17(26)25(10-9-24-8-4-7-20-24)18-21-16-13(19)5-3-6-15(16)27-18/h3-8,11H,9-10H2,1-2H3. The van der Waals surface area contributed by atoms with Crippen LogP contribution in [0.15, 0.2) is 42.7 Å². The second kappa shape index (κ2) is 7.13. The Hall–Kier alpha value is -2.71. The number of amides is 1. The summed E-state index contributed by atoms with van der Waals surface area (Å²) in [5.41, 5.74) is 2.01. The number of aryl methyl sites for hydroxylation is 2. The first kappa shape index (κ1) is 17.7. The van der Waals surface area contributed by atoms with E-state index in [1.165, 1.54) is 11.3 Å². The number of aromatic nitrogens is 5. The molecule has 7 nitrogen and oxygen atoms in total. The molecular weight excluding hydrogens is 384 g/mol. The first-order chi connectivity index (χ1) is 13.0. The predicted molar refractivity (Wildman–Crippen MR) is 106 cm³/mol. The van der Waals surface area contributed by atoms with Crippen LogP contribution < -0.4 is 4.90 Å². The van der Waals surface area contributed by atoms with E-state index in [1.54, 1.807) is 39.6 Å². The predicted octanol–water partition coefficient (Wildman–Crippen LogP) is 3.54. The van der Waals surface area contributed by atoms with Gasteiger partial charge in [-0.25, -0.2) is 4.98 Å². The van der Waals surface area contributed by atoms with Crippen molar-refractivity contribution in [2.75, 3.05) is 11.4 Å². The van der Waals surface area contributed by atoms with Crippen LogP contribution in [0.3, 0.4) is 0 Å². The van der Waals surface area contributed by atoms with Crippen LogP contribution >= 0.6 is 22.9 Å². The number of thiazole rings is 1. The second-order valence-electron chi connectivity index (χ2n) is 6.10. The van der Waals surface area contributed by atoms with E-state index in [9.17, 15) is 4.79 Å². The molecule has 0 aliphatic rings. The van der Waals surface area contributed by atoms with Crippen LogP contribution in [0.5, 0.6) is 0 Å². The molecule has 0 saturated heterocycles. The van der Waals surface area contributed by atoms with Crippen molar-refractivity contribution >= 4 is 44.2 Å². The minimum atomic E-state index is -0.152. The number of nitrogens with zero attached hydrogens (tertiary/aromatic N) is 6. The van der Waals surface area contributed by atoms with Crippen LogP contribution in [-0.2, 0) is 13.6 Å². The number of hydrogen-bond donors (Lipinski definition) is 0. The summed E-state index contributed by atoms with van der Waals surface area (Å²) < 4.78 is 4.32. The number of carbonyl (C=O) groups excluding carboxylic acids is 1.